The summed E-state index contributed by atoms with van der Waals surface area (Å²) < 4.78 is 107. The molecule has 14 aromatic rings. The van der Waals surface area contributed by atoms with Gasteiger partial charge in [0.2, 0.25) is 0 Å². The standard InChI is InChI=1S/C20H27O3S.C19H25O3S.C18H23O2S.C17H16F3O2S.C17H19O2S.C17H21O2S.C16H17O2S/c1-21-11-12-22-13-14-23-19-9-10-20(24-15-5-2-6-16-24)18-8-4-3-7-17(18)19;1-20-10-11-21-12-13-22-18-8-9-19(23-14-4-5-15-23)17-7-3-2-6-16(17)18;1-19-11-12-20-17-9-10-18(21-13-5-2-6-14-21)16-8-4-3-7-15(16)17;18-17(19,20)16(21)22-14-8-9-15(23-10-4-1-5-11-23)13-7-3-2-6-12(13)14;1-13(18)19-16-9-10-17(20-11-5-2-6-12-20)15-8-4-3-7-14(15)16;1-18-10-11-19-16-8-9-17(20-12-4-5-13-20)15-7-3-2-6-14(15)16;1-12(17)18-15-8-9-16(19-10-4-5-11-19)14-7-3-2-6-13(14)15/h3-4,7-10H,2,5-6,11-16H2,1H3;2-3,6-9H,4-5,10-15H2,1H3;3-4,7-10H,2,5-6,11-14H2,1H3;2-3,6-9H,1,4-5,10-11H2;3-4,7-10H,2,5-6,11-12H2,1H3;2-3,6-9H,4-5,10-13H2,1H3;2-3,6-9H,4-5,10-11H2,1H3/q7*+1. The Bertz CT molecular complexity index is 6610. The molecule has 0 aliphatic carbocycles. The van der Waals surface area contributed by atoms with Crippen LogP contribution < -0.4 is 33.2 Å². The van der Waals surface area contributed by atoms with Gasteiger partial charge in [0.25, 0.3) is 0 Å². The van der Waals surface area contributed by atoms with Crippen molar-refractivity contribution in [3.8, 4) is 40.2 Å². The summed E-state index contributed by atoms with van der Waals surface area (Å²) in [7, 11) is 9.29. The molecular weight excluding hydrogens is 2030 g/mol. The molecule has 26 heteroatoms. The van der Waals surface area contributed by atoms with Gasteiger partial charge < -0.3 is 61.6 Å². The van der Waals surface area contributed by atoms with E-state index in [4.69, 9.17) is 56.8 Å². The van der Waals surface area contributed by atoms with Crippen molar-refractivity contribution in [3.63, 3.8) is 0 Å². The number of rotatable bonds is 32. The minimum absolute atomic E-state index is 0.0349. The highest BCUT2D eigenvalue weighted by molar-refractivity contribution is 7.99. The molecular formula is C124H148F3O16S7+7. The van der Waals surface area contributed by atoms with E-state index in [1.165, 1.54) is 288 Å². The molecule has 7 saturated heterocycles. The molecule has 0 spiro atoms. The third-order valence-electron chi connectivity index (χ3n) is 27.2. The molecule has 0 N–H and O–H groups in total. The van der Waals surface area contributed by atoms with E-state index in [0.29, 0.717) is 162 Å². The van der Waals surface area contributed by atoms with Gasteiger partial charge in [0, 0.05) is 194 Å². The van der Waals surface area contributed by atoms with Gasteiger partial charge in [-0.15, -0.1) is 0 Å². The van der Waals surface area contributed by atoms with Gasteiger partial charge in [-0.1, -0.05) is 127 Å². The van der Waals surface area contributed by atoms with Gasteiger partial charge in [0.15, 0.2) is 34.3 Å². The highest BCUT2D eigenvalue weighted by Gasteiger charge is 2.43. The zero-order chi connectivity index (χ0) is 104. The molecule has 0 radical (unpaired) electrons. The minimum Gasteiger partial charge on any atom is -0.491 e. The Balaban J connectivity index is 0.000000131. The predicted molar refractivity (Wildman–Crippen MR) is 624 cm³/mol. The van der Waals surface area contributed by atoms with Gasteiger partial charge in [0.05, 0.1) is 52.9 Å². The molecule has 7 heterocycles. The Morgan fingerprint density at radius 3 is 0.560 bits per heavy atom. The van der Waals surface area contributed by atoms with E-state index in [1.807, 2.05) is 54.6 Å². The second-order valence-electron chi connectivity index (χ2n) is 37.6. The third kappa shape index (κ3) is 32.6. The highest BCUT2D eigenvalue weighted by atomic mass is 32.2. The van der Waals surface area contributed by atoms with Crippen LogP contribution in [-0.2, 0) is 119 Å². The Morgan fingerprint density at radius 1 is 0.207 bits per heavy atom. The first-order chi connectivity index (χ1) is 73.6. The molecule has 21 rings (SSSR count). The number of esters is 3. The Hall–Kier alpha value is -9.49. The first-order valence-corrected chi connectivity index (χ1v) is 64.1. The molecule has 0 amide bonds. The molecule has 0 unspecified atom stereocenters. The lowest BCUT2D eigenvalue weighted by Gasteiger charge is -2.16. The van der Waals surface area contributed by atoms with Crippen LogP contribution in [0.2, 0.25) is 0 Å². The van der Waals surface area contributed by atoms with Crippen LogP contribution in [0.5, 0.6) is 40.2 Å². The number of benzene rings is 14. The van der Waals surface area contributed by atoms with Crippen molar-refractivity contribution in [3.05, 3.63) is 255 Å². The molecule has 0 bridgehead atoms. The summed E-state index contributed by atoms with van der Waals surface area (Å²) in [5, 5.41) is 16.4. The van der Waals surface area contributed by atoms with E-state index in [-0.39, 0.29) is 28.6 Å². The van der Waals surface area contributed by atoms with E-state index in [0.717, 1.165) is 55.6 Å². The third-order valence-corrected chi connectivity index (χ3v) is 45.0. The number of carbonyl (C=O) groups is 3. The van der Waals surface area contributed by atoms with Crippen molar-refractivity contribution in [2.45, 2.75) is 170 Å². The second kappa shape index (κ2) is 61.0. The smallest absolute Gasteiger partial charge is 0.491 e. The van der Waals surface area contributed by atoms with E-state index >= 15 is 0 Å². The topological polar surface area (TPSA) is 171 Å². The van der Waals surface area contributed by atoms with Gasteiger partial charge in [0.1, 0.15) is 147 Å². The second-order valence-corrected chi connectivity index (χ2v) is 53.3. The van der Waals surface area contributed by atoms with Crippen LogP contribution in [-0.4, -0.2) is 212 Å². The van der Waals surface area contributed by atoms with Crippen molar-refractivity contribution < 1.29 is 89.1 Å². The zero-order valence-electron chi connectivity index (χ0n) is 87.9. The summed E-state index contributed by atoms with van der Waals surface area (Å²) in [6.45, 7) is 10.1. The minimum atomic E-state index is -5.00. The molecule has 7 fully saturated rings. The average Bonchev–Trinajstić information content (AvgIpc) is 1.13. The number of fused-ring (bicyclic) bond motifs is 7. The molecule has 7 aliphatic rings. The summed E-state index contributed by atoms with van der Waals surface area (Å²) in [4.78, 5) is 43.6. The first kappa shape index (κ1) is 115. The summed E-state index contributed by atoms with van der Waals surface area (Å²) in [6, 6.07) is 87.4. The largest absolute Gasteiger partial charge is 0.491 e. The fourth-order valence-corrected chi connectivity index (χ4v) is 37.4. The number of ether oxygens (including phenoxy) is 13. The van der Waals surface area contributed by atoms with Crippen LogP contribution in [0.3, 0.4) is 0 Å². The first-order valence-electron chi connectivity index (χ1n) is 53.2. The Morgan fingerprint density at radius 2 is 0.367 bits per heavy atom. The molecule has 150 heavy (non-hydrogen) atoms. The maximum absolute atomic E-state index is 12.4. The van der Waals surface area contributed by atoms with Crippen molar-refractivity contribution >= 4 is 170 Å². The number of carbonyl (C=O) groups excluding carboxylic acids is 3. The maximum Gasteiger partial charge on any atom is 0.491 e. The van der Waals surface area contributed by atoms with E-state index in [2.05, 4.69) is 187 Å². The summed E-state index contributed by atoms with van der Waals surface area (Å²) in [5.41, 5.74) is 0. The van der Waals surface area contributed by atoms with Gasteiger partial charge >= 0.3 is 24.1 Å². The van der Waals surface area contributed by atoms with Gasteiger partial charge in [-0.2, -0.15) is 13.2 Å². The van der Waals surface area contributed by atoms with Crippen LogP contribution in [0.1, 0.15) is 129 Å². The highest BCUT2D eigenvalue weighted by Crippen LogP contribution is 2.44. The molecule has 14 aromatic carbocycles. The number of halogens is 3. The number of hydrogen-bond donors (Lipinski definition) is 0. The lowest BCUT2D eigenvalue weighted by Crippen LogP contribution is -2.28. The van der Waals surface area contributed by atoms with Crippen molar-refractivity contribution in [2.24, 2.45) is 0 Å². The number of methoxy groups -OCH3 is 4. The molecule has 0 atom stereocenters. The predicted octanol–water partition coefficient (Wildman–Crippen LogP) is 27.3. The lowest BCUT2D eigenvalue weighted by atomic mass is 10.1. The monoisotopic (exact) mass is 2170 g/mol. The fourth-order valence-electron chi connectivity index (χ4n) is 19.9. The zero-order valence-corrected chi connectivity index (χ0v) is 93.6. The SMILES string of the molecule is CC(=O)Oc1ccc([S+]2CCCC2)c2ccccc12.CC(=O)Oc1ccc([S+]2CCCCC2)c2ccccc12.COCCOCCOc1ccc([S+]2CCCC2)c2ccccc12.COCCOCCOc1ccc([S+]2CCCCC2)c2ccccc12.COCCOc1ccc([S+]2CCCC2)c2ccccc12.COCCOc1ccc([S+]2CCCCC2)c2ccccc12.O=C(Oc1ccc([S+]2CCCCC2)c2ccccc12)C(F)(F)F. The van der Waals surface area contributed by atoms with Gasteiger partial charge in [-0.05, 0) is 243 Å². The number of alkyl halides is 3. The Kier molecular flexibility index (Phi) is 46.6. The Labute approximate surface area is 904 Å². The van der Waals surface area contributed by atoms with E-state index < -0.39 is 12.1 Å². The summed E-state index contributed by atoms with van der Waals surface area (Å²) in [6.07, 6.45) is 19.1. The normalized spacial score (nSPS) is 16.0. The van der Waals surface area contributed by atoms with Crippen LogP contribution >= 0.6 is 0 Å². The van der Waals surface area contributed by atoms with Crippen molar-refractivity contribution in [1.29, 1.82) is 0 Å². The summed E-state index contributed by atoms with van der Waals surface area (Å²) >= 11 is 0. The van der Waals surface area contributed by atoms with Crippen LogP contribution in [0.15, 0.2) is 289 Å². The lowest BCUT2D eigenvalue weighted by molar-refractivity contribution is -0.189. The summed E-state index contributed by atoms with van der Waals surface area (Å²) in [5.74, 6) is 20.7. The molecule has 0 saturated carbocycles. The van der Waals surface area contributed by atoms with Crippen LogP contribution in [0, 0.1) is 0 Å². The van der Waals surface area contributed by atoms with Crippen molar-refractivity contribution in [1.82, 2.24) is 0 Å². The van der Waals surface area contributed by atoms with E-state index in [1.54, 1.807) is 40.6 Å². The molecule has 16 nitrogen and oxygen atoms in total. The van der Waals surface area contributed by atoms with Gasteiger partial charge in [-0.25, -0.2) is 4.79 Å². The number of hydrogen-bond acceptors (Lipinski definition) is 16. The van der Waals surface area contributed by atoms with Crippen LogP contribution in [0.25, 0.3) is 75.4 Å². The van der Waals surface area contributed by atoms with Crippen molar-refractivity contribution in [2.75, 3.05) is 188 Å². The quantitative estimate of drug-likeness (QED) is 0.0169. The average molecular weight is 2180 g/mol. The molecule has 0 aromatic heterocycles. The molecule has 7 aliphatic heterocycles. The molecule has 796 valence electrons. The maximum atomic E-state index is 12.4. The van der Waals surface area contributed by atoms with Gasteiger partial charge in [-0.3, -0.25) is 9.59 Å². The fraction of sp³-hybridized carbons (Fsp3) is 0.411. The van der Waals surface area contributed by atoms with Crippen LogP contribution in [0.4, 0.5) is 13.2 Å². The van der Waals surface area contributed by atoms with E-state index in [9.17, 15) is 27.6 Å².